The van der Waals surface area contributed by atoms with Gasteiger partial charge in [0, 0.05) is 13.2 Å². The normalized spacial score (nSPS) is 11.0. The van der Waals surface area contributed by atoms with Crippen LogP contribution in [0.1, 0.15) is 10.6 Å². The number of aromatic nitrogens is 5. The lowest BCUT2D eigenvalue weighted by Crippen LogP contribution is -2.11. The zero-order valence-corrected chi connectivity index (χ0v) is 12.7. The highest BCUT2D eigenvalue weighted by atomic mass is 32.1. The topological polar surface area (TPSA) is 98.7 Å². The highest BCUT2D eigenvalue weighted by Gasteiger charge is 2.18. The number of benzene rings is 1. The Hall–Kier alpha value is -3.07. The zero-order chi connectivity index (χ0) is 15.8. The highest BCUT2D eigenvalue weighted by molar-refractivity contribution is 7.18. The summed E-state index contributed by atoms with van der Waals surface area (Å²) >= 11 is 1.26. The molecule has 0 saturated carbocycles. The second-order valence-corrected chi connectivity index (χ2v) is 5.71. The van der Waals surface area contributed by atoms with Gasteiger partial charge in [0.1, 0.15) is 5.52 Å². The Morgan fingerprint density at radius 1 is 1.26 bits per heavy atom. The summed E-state index contributed by atoms with van der Waals surface area (Å²) in [5.74, 6) is -0.260. The average Bonchev–Trinajstić information content (AvgIpc) is 3.26. The van der Waals surface area contributed by atoms with Gasteiger partial charge in [-0.15, -0.1) is 10.2 Å². The van der Waals surface area contributed by atoms with E-state index in [9.17, 15) is 4.79 Å². The first-order chi connectivity index (χ1) is 11.2. The van der Waals surface area contributed by atoms with Gasteiger partial charge in [0.05, 0.1) is 11.1 Å². The van der Waals surface area contributed by atoms with Crippen molar-refractivity contribution in [3.05, 3.63) is 42.3 Å². The Labute approximate surface area is 133 Å². The first kappa shape index (κ1) is 13.6. The first-order valence-electron chi connectivity index (χ1n) is 6.70. The largest absolute Gasteiger partial charge is 0.350 e. The van der Waals surface area contributed by atoms with Crippen LogP contribution in [-0.4, -0.2) is 31.0 Å². The molecule has 0 aliphatic heterocycles. The summed E-state index contributed by atoms with van der Waals surface area (Å²) < 4.78 is 6.82. The van der Waals surface area contributed by atoms with Gasteiger partial charge in [0.2, 0.25) is 10.9 Å². The van der Waals surface area contributed by atoms with E-state index >= 15 is 0 Å². The first-order valence-corrected chi connectivity index (χ1v) is 7.51. The summed E-state index contributed by atoms with van der Waals surface area (Å²) in [5, 5.41) is 20.4. The maximum Gasteiger partial charge on any atom is 0.296 e. The van der Waals surface area contributed by atoms with E-state index in [0.717, 1.165) is 5.69 Å². The fourth-order valence-electron chi connectivity index (χ4n) is 2.17. The van der Waals surface area contributed by atoms with Gasteiger partial charge in [0.25, 0.3) is 5.91 Å². The fourth-order valence-corrected chi connectivity index (χ4v) is 2.96. The number of rotatable bonds is 3. The minimum absolute atomic E-state index is 0.151. The van der Waals surface area contributed by atoms with Gasteiger partial charge in [-0.3, -0.25) is 14.8 Å². The molecule has 0 atom stereocenters. The van der Waals surface area contributed by atoms with Crippen molar-refractivity contribution in [2.45, 2.75) is 0 Å². The summed E-state index contributed by atoms with van der Waals surface area (Å²) in [6, 6.07) is 9.04. The van der Waals surface area contributed by atoms with Gasteiger partial charge in [-0.05, 0) is 18.2 Å². The minimum Gasteiger partial charge on any atom is -0.350 e. The number of carbonyl (C=O) groups is 1. The summed E-state index contributed by atoms with van der Waals surface area (Å²) in [7, 11) is 1.82. The van der Waals surface area contributed by atoms with E-state index in [0.29, 0.717) is 21.0 Å². The van der Waals surface area contributed by atoms with Crippen LogP contribution in [0, 0.1) is 0 Å². The van der Waals surface area contributed by atoms with Crippen LogP contribution in [0.25, 0.3) is 21.6 Å². The number of nitrogens with one attached hydrogen (secondary N) is 1. The van der Waals surface area contributed by atoms with Crippen LogP contribution < -0.4 is 5.32 Å². The number of fused-ring (bicyclic) bond motifs is 1. The molecule has 0 aliphatic carbocycles. The van der Waals surface area contributed by atoms with Crippen LogP contribution >= 0.6 is 11.3 Å². The van der Waals surface area contributed by atoms with Crippen molar-refractivity contribution >= 4 is 33.3 Å². The molecular formula is C14H10N6O2S. The lowest BCUT2D eigenvalue weighted by Gasteiger charge is -1.97. The predicted molar refractivity (Wildman–Crippen MR) is 84.1 cm³/mol. The monoisotopic (exact) mass is 326 g/mol. The van der Waals surface area contributed by atoms with Gasteiger partial charge in [-0.1, -0.05) is 28.6 Å². The summed E-state index contributed by atoms with van der Waals surface area (Å²) in [5.41, 5.74) is 1.46. The molecule has 0 unspecified atom stereocenters. The molecule has 9 heteroatoms. The van der Waals surface area contributed by atoms with Crippen molar-refractivity contribution in [1.29, 1.82) is 0 Å². The van der Waals surface area contributed by atoms with E-state index in [1.54, 1.807) is 23.0 Å². The van der Waals surface area contributed by atoms with Crippen LogP contribution in [0.3, 0.4) is 0 Å². The van der Waals surface area contributed by atoms with E-state index in [1.807, 2.05) is 25.2 Å². The molecule has 0 radical (unpaired) electrons. The Morgan fingerprint density at radius 2 is 2.13 bits per heavy atom. The third-order valence-corrected chi connectivity index (χ3v) is 4.14. The van der Waals surface area contributed by atoms with Crippen LogP contribution in [-0.2, 0) is 7.05 Å². The molecule has 1 amide bonds. The third-order valence-electron chi connectivity index (χ3n) is 3.28. The lowest BCUT2D eigenvalue weighted by atomic mass is 10.2. The average molecular weight is 326 g/mol. The number of aryl methyl sites for hydroxylation is 1. The standard InChI is InChI=1S/C14H10N6O2S/c1-20-10(6-7-15-20)13-17-18-14(23-13)16-12(21)11-8-4-2-3-5-9(8)19-22-11/h2-7H,1H3,(H,16,18,21). The molecule has 114 valence electrons. The van der Waals surface area contributed by atoms with Crippen LogP contribution in [0.2, 0.25) is 0 Å². The quantitative estimate of drug-likeness (QED) is 0.620. The predicted octanol–water partition coefficient (Wildman–Crippen LogP) is 2.33. The van der Waals surface area contributed by atoms with Crippen LogP contribution in [0.4, 0.5) is 5.13 Å². The Bertz CT molecular complexity index is 1000. The molecule has 0 saturated heterocycles. The number of carbonyl (C=O) groups excluding carboxylic acids is 1. The third kappa shape index (κ3) is 2.36. The Kier molecular flexibility index (Phi) is 3.12. The smallest absolute Gasteiger partial charge is 0.296 e. The molecule has 3 aromatic heterocycles. The van der Waals surface area contributed by atoms with E-state index in [2.05, 4.69) is 25.8 Å². The number of anilines is 1. The molecular weight excluding hydrogens is 316 g/mol. The second kappa shape index (κ2) is 5.29. The van der Waals surface area contributed by atoms with Gasteiger partial charge in [0.15, 0.2) is 5.01 Å². The number of hydrogen-bond acceptors (Lipinski definition) is 7. The molecule has 0 spiro atoms. The number of amides is 1. The van der Waals surface area contributed by atoms with Gasteiger partial charge in [-0.2, -0.15) is 5.10 Å². The number of nitrogens with zero attached hydrogens (tertiary/aromatic N) is 5. The van der Waals surface area contributed by atoms with Crippen molar-refractivity contribution in [3.8, 4) is 10.7 Å². The van der Waals surface area contributed by atoms with Crippen molar-refractivity contribution in [2.75, 3.05) is 5.32 Å². The molecule has 0 fully saturated rings. The summed E-state index contributed by atoms with van der Waals surface area (Å²) in [4.78, 5) is 12.3. The van der Waals surface area contributed by atoms with E-state index < -0.39 is 5.91 Å². The van der Waals surface area contributed by atoms with Gasteiger partial charge in [-0.25, -0.2) is 0 Å². The van der Waals surface area contributed by atoms with Crippen molar-refractivity contribution in [2.24, 2.45) is 7.05 Å². The molecule has 4 aromatic rings. The Balaban J connectivity index is 1.60. The molecule has 4 rings (SSSR count). The minimum atomic E-state index is -0.411. The Morgan fingerprint density at radius 3 is 2.96 bits per heavy atom. The molecule has 8 nitrogen and oxygen atoms in total. The summed E-state index contributed by atoms with van der Waals surface area (Å²) in [6.07, 6.45) is 1.68. The van der Waals surface area contributed by atoms with E-state index in [-0.39, 0.29) is 5.76 Å². The van der Waals surface area contributed by atoms with Crippen LogP contribution in [0.15, 0.2) is 41.1 Å². The molecule has 1 aromatic carbocycles. The van der Waals surface area contributed by atoms with Crippen molar-refractivity contribution < 1.29 is 9.32 Å². The second-order valence-electron chi connectivity index (χ2n) is 4.74. The maximum atomic E-state index is 12.3. The zero-order valence-electron chi connectivity index (χ0n) is 11.9. The lowest BCUT2D eigenvalue weighted by molar-refractivity contribution is 0.0990. The van der Waals surface area contributed by atoms with Crippen LogP contribution in [0.5, 0.6) is 0 Å². The molecule has 1 N–H and O–H groups in total. The van der Waals surface area contributed by atoms with Gasteiger partial charge >= 0.3 is 0 Å². The maximum absolute atomic E-state index is 12.3. The van der Waals surface area contributed by atoms with E-state index in [4.69, 9.17) is 4.52 Å². The summed E-state index contributed by atoms with van der Waals surface area (Å²) in [6.45, 7) is 0. The van der Waals surface area contributed by atoms with E-state index in [1.165, 1.54) is 11.3 Å². The number of hydrogen-bond donors (Lipinski definition) is 1. The van der Waals surface area contributed by atoms with Gasteiger partial charge < -0.3 is 4.52 Å². The SMILES string of the molecule is Cn1nccc1-c1nnc(NC(=O)c2onc3ccccc23)s1. The molecule has 0 aliphatic rings. The highest BCUT2D eigenvalue weighted by Crippen LogP contribution is 2.26. The molecule has 0 bridgehead atoms. The van der Waals surface area contributed by atoms with Crippen molar-refractivity contribution in [1.82, 2.24) is 25.1 Å². The van der Waals surface area contributed by atoms with Crippen molar-refractivity contribution in [3.63, 3.8) is 0 Å². The molecule has 23 heavy (non-hydrogen) atoms. The molecule has 3 heterocycles. The fraction of sp³-hybridized carbons (Fsp3) is 0.0714.